The Hall–Kier alpha value is -1.11. The molecule has 1 saturated carbocycles. The van der Waals surface area contributed by atoms with Crippen molar-refractivity contribution in [3.63, 3.8) is 0 Å². The number of nitrogens with zero attached hydrogens (tertiary/aromatic N) is 1. The second-order valence-electron chi connectivity index (χ2n) is 5.26. The van der Waals surface area contributed by atoms with Crippen LogP contribution in [0, 0.1) is 11.7 Å². The summed E-state index contributed by atoms with van der Waals surface area (Å²) >= 11 is 2.94. The molecule has 1 unspecified atom stereocenters. The Morgan fingerprint density at radius 3 is 2.52 bits per heavy atom. The minimum absolute atomic E-state index is 0.0417. The summed E-state index contributed by atoms with van der Waals surface area (Å²) in [6.07, 6.45) is -2.80. The number of carbonyl (C=O) groups excluding carboxylic acids is 1. The zero-order valence-corrected chi connectivity index (χ0v) is 12.8. The molecular formula is C14H14BrF4NO. The van der Waals surface area contributed by atoms with Gasteiger partial charge in [-0.15, -0.1) is 0 Å². The summed E-state index contributed by atoms with van der Waals surface area (Å²) in [6.45, 7) is 0.332. The predicted octanol–water partition coefficient (Wildman–Crippen LogP) is 4.39. The highest BCUT2D eigenvalue weighted by Crippen LogP contribution is 2.36. The summed E-state index contributed by atoms with van der Waals surface area (Å²) in [5.41, 5.74) is 0.0417. The molecule has 1 aliphatic rings. The van der Waals surface area contributed by atoms with Crippen LogP contribution in [0.25, 0.3) is 0 Å². The first-order valence-electron chi connectivity index (χ1n) is 6.52. The van der Waals surface area contributed by atoms with Crippen LogP contribution in [-0.2, 0) is 0 Å². The van der Waals surface area contributed by atoms with Crippen molar-refractivity contribution in [2.75, 3.05) is 6.54 Å². The van der Waals surface area contributed by atoms with Crippen LogP contribution in [0.2, 0.25) is 0 Å². The lowest BCUT2D eigenvalue weighted by molar-refractivity contribution is -0.144. The normalized spacial score (nSPS) is 16.7. The fourth-order valence-corrected chi connectivity index (χ4v) is 2.60. The number of rotatable bonds is 4. The molecule has 0 aromatic heterocycles. The van der Waals surface area contributed by atoms with E-state index >= 15 is 0 Å². The zero-order valence-electron chi connectivity index (χ0n) is 11.3. The van der Waals surface area contributed by atoms with Gasteiger partial charge >= 0.3 is 6.18 Å². The van der Waals surface area contributed by atoms with Gasteiger partial charge < -0.3 is 4.90 Å². The van der Waals surface area contributed by atoms with E-state index in [-0.39, 0.29) is 16.0 Å². The molecule has 2 rings (SSSR count). The van der Waals surface area contributed by atoms with Crippen molar-refractivity contribution in [3.8, 4) is 0 Å². The van der Waals surface area contributed by atoms with Gasteiger partial charge in [-0.2, -0.15) is 13.2 Å². The summed E-state index contributed by atoms with van der Waals surface area (Å²) in [6, 6.07) is 2.99. The molecule has 0 aliphatic heterocycles. The van der Waals surface area contributed by atoms with E-state index in [9.17, 15) is 22.4 Å². The Kier molecular flexibility index (Phi) is 4.60. The van der Waals surface area contributed by atoms with Crippen molar-refractivity contribution in [1.29, 1.82) is 0 Å². The predicted molar refractivity (Wildman–Crippen MR) is 73.4 cm³/mol. The molecule has 0 radical (unpaired) electrons. The number of halogens is 5. The van der Waals surface area contributed by atoms with Gasteiger partial charge in [-0.1, -0.05) is 0 Å². The molecule has 1 fully saturated rings. The van der Waals surface area contributed by atoms with Gasteiger partial charge in [0.15, 0.2) is 0 Å². The minimum atomic E-state index is -4.46. The van der Waals surface area contributed by atoms with E-state index in [4.69, 9.17) is 0 Å². The lowest BCUT2D eigenvalue weighted by atomic mass is 10.1. The van der Waals surface area contributed by atoms with E-state index in [2.05, 4.69) is 15.9 Å². The van der Waals surface area contributed by atoms with Gasteiger partial charge in [0.25, 0.3) is 5.91 Å². The van der Waals surface area contributed by atoms with E-state index < -0.39 is 30.5 Å². The van der Waals surface area contributed by atoms with Crippen LogP contribution in [0.4, 0.5) is 17.6 Å². The Morgan fingerprint density at radius 2 is 2.05 bits per heavy atom. The average Bonchev–Trinajstić information content (AvgIpc) is 3.21. The van der Waals surface area contributed by atoms with Gasteiger partial charge in [-0.3, -0.25) is 4.79 Å². The van der Waals surface area contributed by atoms with Crippen molar-refractivity contribution in [1.82, 2.24) is 4.90 Å². The van der Waals surface area contributed by atoms with Crippen LogP contribution < -0.4 is 0 Å². The first-order valence-corrected chi connectivity index (χ1v) is 7.31. The lowest BCUT2D eigenvalue weighted by Crippen LogP contribution is -2.45. The van der Waals surface area contributed by atoms with Crippen LogP contribution in [0.5, 0.6) is 0 Å². The highest BCUT2D eigenvalue weighted by molar-refractivity contribution is 9.10. The maximum absolute atomic E-state index is 13.2. The summed E-state index contributed by atoms with van der Waals surface area (Å²) < 4.78 is 51.4. The number of hydrogen-bond acceptors (Lipinski definition) is 1. The van der Waals surface area contributed by atoms with Crippen LogP contribution in [0.1, 0.15) is 30.1 Å². The molecular weight excluding hydrogens is 354 g/mol. The quantitative estimate of drug-likeness (QED) is 0.722. The SMILES string of the molecule is CC(C1CC1)N(CC(F)(F)F)C(=O)c1ccc(F)c(Br)c1. The maximum atomic E-state index is 13.2. The Morgan fingerprint density at radius 1 is 1.43 bits per heavy atom. The summed E-state index contributed by atoms with van der Waals surface area (Å²) in [7, 11) is 0. The van der Waals surface area contributed by atoms with Crippen LogP contribution >= 0.6 is 15.9 Å². The smallest absolute Gasteiger partial charge is 0.327 e. The molecule has 116 valence electrons. The third-order valence-corrected chi connectivity index (χ3v) is 4.18. The second-order valence-corrected chi connectivity index (χ2v) is 6.11. The molecule has 0 saturated heterocycles. The van der Waals surface area contributed by atoms with Crippen LogP contribution in [0.15, 0.2) is 22.7 Å². The third-order valence-electron chi connectivity index (χ3n) is 3.57. The molecule has 21 heavy (non-hydrogen) atoms. The van der Waals surface area contributed by atoms with Crippen molar-refractivity contribution in [3.05, 3.63) is 34.1 Å². The number of hydrogen-bond donors (Lipinski definition) is 0. The van der Waals surface area contributed by atoms with E-state index in [0.29, 0.717) is 0 Å². The van der Waals surface area contributed by atoms with Gasteiger partial charge in [-0.25, -0.2) is 4.39 Å². The van der Waals surface area contributed by atoms with Gasteiger partial charge in [0, 0.05) is 11.6 Å². The minimum Gasteiger partial charge on any atom is -0.327 e. The van der Waals surface area contributed by atoms with Crippen LogP contribution in [0.3, 0.4) is 0 Å². The van der Waals surface area contributed by atoms with Gasteiger partial charge in [0.05, 0.1) is 4.47 Å². The monoisotopic (exact) mass is 367 g/mol. The van der Waals surface area contributed by atoms with Gasteiger partial charge in [-0.05, 0) is 59.8 Å². The topological polar surface area (TPSA) is 20.3 Å². The zero-order chi connectivity index (χ0) is 15.8. The number of benzene rings is 1. The highest BCUT2D eigenvalue weighted by atomic mass is 79.9. The van der Waals surface area contributed by atoms with Crippen molar-refractivity contribution < 1.29 is 22.4 Å². The fraction of sp³-hybridized carbons (Fsp3) is 0.500. The molecule has 1 aromatic carbocycles. The van der Waals surface area contributed by atoms with Crippen molar-refractivity contribution in [2.45, 2.75) is 32.0 Å². The number of alkyl halides is 3. The number of amides is 1. The second kappa shape index (κ2) is 5.94. The first-order chi connectivity index (χ1) is 9.69. The molecule has 1 amide bonds. The number of carbonyl (C=O) groups is 1. The molecule has 1 aromatic rings. The first kappa shape index (κ1) is 16.3. The molecule has 0 N–H and O–H groups in total. The molecule has 0 heterocycles. The van der Waals surface area contributed by atoms with Gasteiger partial charge in [0.1, 0.15) is 12.4 Å². The highest BCUT2D eigenvalue weighted by Gasteiger charge is 2.40. The lowest BCUT2D eigenvalue weighted by Gasteiger charge is -2.30. The molecule has 1 atom stereocenters. The van der Waals surface area contributed by atoms with E-state index in [1.165, 1.54) is 12.1 Å². The van der Waals surface area contributed by atoms with Crippen molar-refractivity contribution >= 4 is 21.8 Å². The van der Waals surface area contributed by atoms with Gasteiger partial charge in [0.2, 0.25) is 0 Å². The standard InChI is InChI=1S/C14H14BrF4NO/c1-8(9-2-3-9)20(7-14(17,18)19)13(21)10-4-5-12(16)11(15)6-10/h4-6,8-9H,2-3,7H2,1H3. The van der Waals surface area contributed by atoms with E-state index in [0.717, 1.165) is 23.8 Å². The summed E-state index contributed by atoms with van der Waals surface area (Å²) in [5, 5.41) is 0. The largest absolute Gasteiger partial charge is 0.406 e. The molecule has 0 spiro atoms. The third kappa shape index (κ3) is 4.18. The molecule has 1 aliphatic carbocycles. The maximum Gasteiger partial charge on any atom is 0.406 e. The average molecular weight is 368 g/mol. The van der Waals surface area contributed by atoms with Crippen LogP contribution in [-0.4, -0.2) is 29.6 Å². The summed E-state index contributed by atoms with van der Waals surface area (Å²) in [5.74, 6) is -1.18. The van der Waals surface area contributed by atoms with Crippen molar-refractivity contribution in [2.24, 2.45) is 5.92 Å². The summed E-state index contributed by atoms with van der Waals surface area (Å²) in [4.78, 5) is 13.2. The fourth-order valence-electron chi connectivity index (χ4n) is 2.22. The Balaban J connectivity index is 2.25. The molecule has 7 heteroatoms. The molecule has 2 nitrogen and oxygen atoms in total. The van der Waals surface area contributed by atoms with E-state index in [1.807, 2.05) is 0 Å². The Labute approximate surface area is 128 Å². The van der Waals surface area contributed by atoms with E-state index in [1.54, 1.807) is 6.92 Å². The molecule has 0 bridgehead atoms. The Bertz CT molecular complexity index is 542.